The lowest BCUT2D eigenvalue weighted by Crippen LogP contribution is -2.16. The summed E-state index contributed by atoms with van der Waals surface area (Å²) < 4.78 is 72.9. The SMILES string of the molecule is CC.CCc1cc2ccccc2n1CCC(=O)Oc1c(F)c(F)c(F)c(F)c1F. The molecule has 0 unspecified atom stereocenters. The number of fused-ring (bicyclic) bond motifs is 1. The smallest absolute Gasteiger partial charge is 0.313 e. The van der Waals surface area contributed by atoms with Gasteiger partial charge in [0.05, 0.1) is 6.42 Å². The molecule has 0 fully saturated rings. The average Bonchev–Trinajstić information content (AvgIpc) is 3.11. The van der Waals surface area contributed by atoms with Gasteiger partial charge in [-0.25, -0.2) is 13.2 Å². The van der Waals surface area contributed by atoms with E-state index in [0.717, 1.165) is 16.6 Å². The van der Waals surface area contributed by atoms with Gasteiger partial charge in [0.1, 0.15) is 0 Å². The minimum absolute atomic E-state index is 0.130. The Morgan fingerprint density at radius 3 is 2.07 bits per heavy atom. The van der Waals surface area contributed by atoms with Crippen LogP contribution in [0, 0.1) is 29.1 Å². The fraction of sp³-hybridized carbons (Fsp3) is 0.286. The van der Waals surface area contributed by atoms with E-state index >= 15 is 0 Å². The summed E-state index contributed by atoms with van der Waals surface area (Å²) in [5.74, 6) is -13.7. The van der Waals surface area contributed by atoms with Crippen molar-refractivity contribution >= 4 is 16.9 Å². The van der Waals surface area contributed by atoms with Gasteiger partial charge in [0.15, 0.2) is 0 Å². The first-order valence-electron chi connectivity index (χ1n) is 9.14. The van der Waals surface area contributed by atoms with E-state index < -0.39 is 40.8 Å². The number of hydrogen-bond donors (Lipinski definition) is 0. The topological polar surface area (TPSA) is 31.2 Å². The standard InChI is InChI=1S/C19H14F5NO2.C2H6/c1-2-11-9-10-5-3-4-6-12(10)25(11)8-7-13(26)27-19-17(23)15(21)14(20)16(22)18(19)24;1-2/h3-6,9H,2,7-8H2,1H3;1-2H3. The third-order valence-electron chi connectivity index (χ3n) is 4.18. The van der Waals surface area contributed by atoms with Gasteiger partial charge in [0, 0.05) is 17.8 Å². The molecular weight excluding hydrogens is 393 g/mol. The predicted octanol–water partition coefficient (Wildman–Crippen LogP) is 5.92. The minimum Gasteiger partial charge on any atom is -0.420 e. The van der Waals surface area contributed by atoms with E-state index in [-0.39, 0.29) is 13.0 Å². The summed E-state index contributed by atoms with van der Waals surface area (Å²) in [6.07, 6.45) is 0.368. The molecule has 156 valence electrons. The summed E-state index contributed by atoms with van der Waals surface area (Å²) in [5, 5.41) is 0.961. The first kappa shape index (κ1) is 22.4. The number of aromatic nitrogens is 1. The van der Waals surface area contributed by atoms with Gasteiger partial charge in [-0.1, -0.05) is 39.0 Å². The Bertz CT molecular complexity index is 1000. The van der Waals surface area contributed by atoms with Gasteiger partial charge < -0.3 is 9.30 Å². The van der Waals surface area contributed by atoms with Crippen molar-refractivity contribution in [3.8, 4) is 5.75 Å². The second kappa shape index (κ2) is 9.54. The molecule has 0 aliphatic rings. The third kappa shape index (κ3) is 4.41. The lowest BCUT2D eigenvalue weighted by molar-refractivity contribution is -0.135. The number of benzene rings is 2. The third-order valence-corrected chi connectivity index (χ3v) is 4.18. The number of aryl methyl sites for hydroxylation is 2. The quantitative estimate of drug-likeness (QED) is 0.171. The number of hydrogen-bond acceptors (Lipinski definition) is 2. The first-order chi connectivity index (χ1) is 13.8. The number of nitrogens with zero attached hydrogens (tertiary/aromatic N) is 1. The highest BCUT2D eigenvalue weighted by atomic mass is 19.2. The number of esters is 1. The Labute approximate surface area is 164 Å². The molecule has 1 heterocycles. The summed E-state index contributed by atoms with van der Waals surface area (Å²) in [7, 11) is 0. The van der Waals surface area contributed by atoms with Crippen LogP contribution in [0.4, 0.5) is 22.0 Å². The molecule has 29 heavy (non-hydrogen) atoms. The maximum absolute atomic E-state index is 13.6. The molecule has 0 atom stereocenters. The van der Waals surface area contributed by atoms with Crippen LogP contribution in [0.5, 0.6) is 5.75 Å². The molecule has 0 aliphatic carbocycles. The van der Waals surface area contributed by atoms with Crippen molar-refractivity contribution in [2.75, 3.05) is 0 Å². The van der Waals surface area contributed by atoms with E-state index in [9.17, 15) is 26.7 Å². The Morgan fingerprint density at radius 2 is 1.48 bits per heavy atom. The van der Waals surface area contributed by atoms with Crippen molar-refractivity contribution in [2.45, 2.75) is 40.2 Å². The monoisotopic (exact) mass is 413 g/mol. The Hall–Kier alpha value is -2.90. The number of rotatable bonds is 5. The Kier molecular flexibility index (Phi) is 7.36. The molecule has 0 amide bonds. The number of carbonyl (C=O) groups is 1. The molecule has 0 bridgehead atoms. The van der Waals surface area contributed by atoms with Gasteiger partial charge in [0.25, 0.3) is 0 Å². The molecule has 0 saturated heterocycles. The van der Waals surface area contributed by atoms with E-state index in [1.807, 2.05) is 55.7 Å². The Morgan fingerprint density at radius 1 is 0.931 bits per heavy atom. The minimum atomic E-state index is -2.31. The number of ether oxygens (including phenoxy) is 1. The second-order valence-corrected chi connectivity index (χ2v) is 5.82. The molecule has 0 radical (unpaired) electrons. The van der Waals surface area contributed by atoms with Crippen LogP contribution in [0.1, 0.15) is 32.9 Å². The van der Waals surface area contributed by atoms with Gasteiger partial charge >= 0.3 is 5.97 Å². The van der Waals surface area contributed by atoms with Gasteiger partial charge in [0.2, 0.25) is 34.8 Å². The zero-order valence-electron chi connectivity index (χ0n) is 16.2. The van der Waals surface area contributed by atoms with Crippen LogP contribution in [-0.2, 0) is 17.8 Å². The lowest BCUT2D eigenvalue weighted by atomic mass is 10.2. The molecule has 2 aromatic carbocycles. The van der Waals surface area contributed by atoms with Gasteiger partial charge in [-0.2, -0.15) is 8.78 Å². The maximum Gasteiger partial charge on any atom is 0.313 e. The number of carbonyl (C=O) groups excluding carboxylic acids is 1. The molecule has 3 rings (SSSR count). The number of halogens is 5. The fourth-order valence-corrected chi connectivity index (χ4v) is 2.87. The lowest BCUT2D eigenvalue weighted by Gasteiger charge is -2.11. The predicted molar refractivity (Wildman–Crippen MR) is 99.1 cm³/mol. The summed E-state index contributed by atoms with van der Waals surface area (Å²) >= 11 is 0. The zero-order chi connectivity index (χ0) is 21.7. The van der Waals surface area contributed by atoms with E-state index in [0.29, 0.717) is 6.42 Å². The molecule has 3 aromatic rings. The van der Waals surface area contributed by atoms with E-state index in [4.69, 9.17) is 0 Å². The molecule has 3 nitrogen and oxygen atoms in total. The van der Waals surface area contributed by atoms with Gasteiger partial charge in [-0.3, -0.25) is 4.79 Å². The molecule has 1 aromatic heterocycles. The summed E-state index contributed by atoms with van der Waals surface area (Å²) in [4.78, 5) is 11.9. The molecular formula is C21H20F5NO2. The van der Waals surface area contributed by atoms with Gasteiger partial charge in [-0.15, -0.1) is 0 Å². The van der Waals surface area contributed by atoms with Crippen molar-refractivity contribution < 1.29 is 31.5 Å². The van der Waals surface area contributed by atoms with Crippen LogP contribution in [0.15, 0.2) is 30.3 Å². The molecule has 0 spiro atoms. The fourth-order valence-electron chi connectivity index (χ4n) is 2.87. The largest absolute Gasteiger partial charge is 0.420 e. The zero-order valence-corrected chi connectivity index (χ0v) is 16.2. The maximum atomic E-state index is 13.6. The second-order valence-electron chi connectivity index (χ2n) is 5.82. The molecule has 0 aliphatic heterocycles. The summed E-state index contributed by atoms with van der Waals surface area (Å²) in [5.41, 5.74) is 1.79. The van der Waals surface area contributed by atoms with Crippen molar-refractivity contribution in [1.82, 2.24) is 4.57 Å². The van der Waals surface area contributed by atoms with Crippen LogP contribution >= 0.6 is 0 Å². The van der Waals surface area contributed by atoms with Gasteiger partial charge in [-0.05, 0) is 23.9 Å². The number of para-hydroxylation sites is 1. The highest BCUT2D eigenvalue weighted by Gasteiger charge is 2.28. The van der Waals surface area contributed by atoms with E-state index in [1.54, 1.807) is 0 Å². The molecule has 0 N–H and O–H groups in total. The van der Waals surface area contributed by atoms with Crippen LogP contribution in [0.25, 0.3) is 10.9 Å². The van der Waals surface area contributed by atoms with Crippen LogP contribution in [0.3, 0.4) is 0 Å². The van der Waals surface area contributed by atoms with E-state index in [1.165, 1.54) is 0 Å². The Balaban J connectivity index is 0.00000145. The van der Waals surface area contributed by atoms with Crippen LogP contribution in [0.2, 0.25) is 0 Å². The molecule has 8 heteroatoms. The average molecular weight is 413 g/mol. The van der Waals surface area contributed by atoms with Crippen molar-refractivity contribution in [3.63, 3.8) is 0 Å². The highest BCUT2D eigenvalue weighted by molar-refractivity contribution is 5.81. The van der Waals surface area contributed by atoms with Crippen LogP contribution in [-0.4, -0.2) is 10.5 Å². The highest BCUT2D eigenvalue weighted by Crippen LogP contribution is 2.29. The van der Waals surface area contributed by atoms with Crippen molar-refractivity contribution in [2.24, 2.45) is 0 Å². The molecule has 0 saturated carbocycles. The van der Waals surface area contributed by atoms with Crippen molar-refractivity contribution in [1.29, 1.82) is 0 Å². The van der Waals surface area contributed by atoms with Crippen LogP contribution < -0.4 is 4.74 Å². The normalized spacial score (nSPS) is 10.6. The summed E-state index contributed by atoms with van der Waals surface area (Å²) in [6, 6.07) is 9.39. The first-order valence-corrected chi connectivity index (χ1v) is 9.14. The van der Waals surface area contributed by atoms with Crippen molar-refractivity contribution in [3.05, 3.63) is 65.1 Å². The summed E-state index contributed by atoms with van der Waals surface area (Å²) in [6.45, 7) is 6.06. The van der Waals surface area contributed by atoms with E-state index in [2.05, 4.69) is 4.74 Å².